The van der Waals surface area contributed by atoms with Crippen LogP contribution in [0.5, 0.6) is 0 Å². The van der Waals surface area contributed by atoms with Crippen molar-refractivity contribution in [2.24, 2.45) is 0 Å². The number of benzene rings is 1. The molecule has 2 aromatic rings. The maximum Gasteiger partial charge on any atom is 0.269 e. The molecule has 0 aliphatic carbocycles. The summed E-state index contributed by atoms with van der Waals surface area (Å²) in [5, 5.41) is 18.3. The molecule has 1 aromatic heterocycles. The Hall–Kier alpha value is -2.03. The van der Waals surface area contributed by atoms with Gasteiger partial charge in [-0.25, -0.2) is 0 Å². The first kappa shape index (κ1) is 14.4. The van der Waals surface area contributed by atoms with E-state index in [9.17, 15) is 14.9 Å². The molecule has 2 rings (SSSR count). The van der Waals surface area contributed by atoms with Crippen LogP contribution in [0.2, 0.25) is 0 Å². The third-order valence-corrected chi connectivity index (χ3v) is 3.34. The van der Waals surface area contributed by atoms with Crippen molar-refractivity contribution in [3.05, 3.63) is 67.3 Å². The molecule has 0 saturated carbocycles. The maximum atomic E-state index is 12.1. The van der Waals surface area contributed by atoms with Crippen molar-refractivity contribution in [1.29, 1.82) is 5.41 Å². The SMILES string of the molecule is N=c1ccc(I)cn1CC(=O)c1ccc([N+](=O)[O-])cc1. The van der Waals surface area contributed by atoms with Crippen LogP contribution in [0.25, 0.3) is 0 Å². The zero-order valence-electron chi connectivity index (χ0n) is 10.2. The molecular weight excluding hydrogens is 373 g/mol. The van der Waals surface area contributed by atoms with Crippen molar-refractivity contribution < 1.29 is 9.72 Å². The summed E-state index contributed by atoms with van der Waals surface area (Å²) in [5.41, 5.74) is 0.576. The minimum atomic E-state index is -0.509. The summed E-state index contributed by atoms with van der Waals surface area (Å²) in [6.45, 7) is 0.0352. The molecule has 0 saturated heterocycles. The van der Waals surface area contributed by atoms with Crippen molar-refractivity contribution in [2.75, 3.05) is 0 Å². The van der Waals surface area contributed by atoms with Gasteiger partial charge < -0.3 is 4.57 Å². The zero-order chi connectivity index (χ0) is 14.7. The second kappa shape index (κ2) is 5.95. The van der Waals surface area contributed by atoms with Gasteiger partial charge in [-0.2, -0.15) is 0 Å². The summed E-state index contributed by atoms with van der Waals surface area (Å²) in [4.78, 5) is 22.1. The predicted molar refractivity (Wildman–Crippen MR) is 80.4 cm³/mol. The van der Waals surface area contributed by atoms with Crippen molar-refractivity contribution >= 4 is 34.1 Å². The van der Waals surface area contributed by atoms with Crippen LogP contribution in [0.15, 0.2) is 42.6 Å². The van der Waals surface area contributed by atoms with Gasteiger partial charge in [-0.05, 0) is 46.9 Å². The molecule has 0 unspecified atom stereocenters. The lowest BCUT2D eigenvalue weighted by atomic mass is 10.1. The van der Waals surface area contributed by atoms with Gasteiger partial charge in [0.05, 0.1) is 11.5 Å². The number of rotatable bonds is 4. The highest BCUT2D eigenvalue weighted by atomic mass is 127. The maximum absolute atomic E-state index is 12.1. The molecule has 1 heterocycles. The first-order chi connectivity index (χ1) is 9.47. The lowest BCUT2D eigenvalue weighted by Crippen LogP contribution is -2.23. The van der Waals surface area contributed by atoms with E-state index in [2.05, 4.69) is 22.6 Å². The smallest absolute Gasteiger partial charge is 0.269 e. The fourth-order valence-electron chi connectivity index (χ4n) is 1.66. The fourth-order valence-corrected chi connectivity index (χ4v) is 2.18. The number of nitro groups is 1. The Labute approximate surface area is 127 Å². The van der Waals surface area contributed by atoms with E-state index in [0.29, 0.717) is 5.56 Å². The van der Waals surface area contributed by atoms with Crippen molar-refractivity contribution in [2.45, 2.75) is 6.54 Å². The summed E-state index contributed by atoms with van der Waals surface area (Å²) >= 11 is 2.10. The van der Waals surface area contributed by atoms with Crippen molar-refractivity contribution in [3.63, 3.8) is 0 Å². The Morgan fingerprint density at radius 1 is 1.25 bits per heavy atom. The quantitative estimate of drug-likeness (QED) is 0.381. The molecule has 0 bridgehead atoms. The molecule has 0 radical (unpaired) electrons. The third kappa shape index (κ3) is 3.29. The Balaban J connectivity index is 2.21. The van der Waals surface area contributed by atoms with Crippen molar-refractivity contribution in [1.82, 2.24) is 4.57 Å². The monoisotopic (exact) mass is 383 g/mol. The Bertz CT molecular complexity index is 722. The van der Waals surface area contributed by atoms with Crippen LogP contribution in [0.1, 0.15) is 10.4 Å². The van der Waals surface area contributed by atoms with Gasteiger partial charge in [0.25, 0.3) is 5.69 Å². The van der Waals surface area contributed by atoms with Crippen LogP contribution in [0.4, 0.5) is 5.69 Å². The highest BCUT2D eigenvalue weighted by Crippen LogP contribution is 2.12. The number of carbonyl (C=O) groups excluding carboxylic acids is 1. The minimum Gasteiger partial charge on any atom is -0.325 e. The van der Waals surface area contributed by atoms with E-state index in [1.165, 1.54) is 28.8 Å². The lowest BCUT2D eigenvalue weighted by Gasteiger charge is -2.06. The number of non-ortho nitro benzene ring substituents is 1. The average Bonchev–Trinajstić information content (AvgIpc) is 2.43. The van der Waals surface area contributed by atoms with Crippen LogP contribution < -0.4 is 5.49 Å². The lowest BCUT2D eigenvalue weighted by molar-refractivity contribution is -0.384. The normalized spacial score (nSPS) is 10.2. The summed E-state index contributed by atoms with van der Waals surface area (Å²) in [5.74, 6) is -0.194. The molecule has 6 nitrogen and oxygen atoms in total. The molecular formula is C13H10IN3O3. The molecule has 0 atom stereocenters. The van der Waals surface area contributed by atoms with Gasteiger partial charge in [-0.15, -0.1) is 0 Å². The molecule has 0 aliphatic heterocycles. The number of Topliss-reactive ketones (excluding diaryl/α,β-unsaturated/α-hetero) is 1. The number of aromatic nitrogens is 1. The summed E-state index contributed by atoms with van der Waals surface area (Å²) in [6.07, 6.45) is 1.71. The van der Waals surface area contributed by atoms with E-state index in [1.54, 1.807) is 18.3 Å². The number of hydrogen-bond acceptors (Lipinski definition) is 4. The number of hydrogen-bond donors (Lipinski definition) is 1. The summed E-state index contributed by atoms with van der Waals surface area (Å²) in [6, 6.07) is 8.86. The number of nitro benzene ring substituents is 1. The number of pyridine rings is 1. The van der Waals surface area contributed by atoms with E-state index in [-0.39, 0.29) is 23.5 Å². The number of ketones is 1. The van der Waals surface area contributed by atoms with Gasteiger partial charge >= 0.3 is 0 Å². The summed E-state index contributed by atoms with van der Waals surface area (Å²) in [7, 11) is 0. The largest absolute Gasteiger partial charge is 0.325 e. The topological polar surface area (TPSA) is 89.0 Å². The van der Waals surface area contributed by atoms with Crippen molar-refractivity contribution in [3.8, 4) is 0 Å². The number of halogens is 1. The standard InChI is InChI=1S/C13H10IN3O3/c14-10-3-6-13(15)16(7-10)8-12(18)9-1-4-11(5-2-9)17(19)20/h1-7,15H,8H2. The molecule has 1 aromatic carbocycles. The molecule has 20 heavy (non-hydrogen) atoms. The molecule has 0 amide bonds. The number of carbonyl (C=O) groups is 1. The Kier molecular flexibility index (Phi) is 4.28. The average molecular weight is 383 g/mol. The second-order valence-electron chi connectivity index (χ2n) is 4.09. The Morgan fingerprint density at radius 2 is 1.90 bits per heavy atom. The van der Waals surface area contributed by atoms with E-state index < -0.39 is 4.92 Å². The third-order valence-electron chi connectivity index (χ3n) is 2.70. The van der Waals surface area contributed by atoms with E-state index >= 15 is 0 Å². The van der Waals surface area contributed by atoms with Gasteiger partial charge in [-0.3, -0.25) is 20.3 Å². The van der Waals surface area contributed by atoms with Gasteiger partial charge in [0.2, 0.25) is 0 Å². The van der Waals surface area contributed by atoms with Gasteiger partial charge in [0, 0.05) is 27.5 Å². The fraction of sp³-hybridized carbons (Fsp3) is 0.0769. The molecule has 0 fully saturated rings. The number of nitrogens with zero attached hydrogens (tertiary/aromatic N) is 2. The predicted octanol–water partition coefficient (Wildman–Crippen LogP) is 2.36. The summed E-state index contributed by atoms with van der Waals surface area (Å²) < 4.78 is 2.46. The van der Waals surface area contributed by atoms with Gasteiger partial charge in [0.15, 0.2) is 5.78 Å². The second-order valence-corrected chi connectivity index (χ2v) is 5.33. The van der Waals surface area contributed by atoms with Crippen LogP contribution in [0, 0.1) is 19.1 Å². The van der Waals surface area contributed by atoms with E-state index in [0.717, 1.165) is 3.57 Å². The minimum absolute atomic E-state index is 0.0352. The van der Waals surface area contributed by atoms with Gasteiger partial charge in [0.1, 0.15) is 5.49 Å². The Morgan fingerprint density at radius 3 is 2.50 bits per heavy atom. The van der Waals surface area contributed by atoms with Crippen LogP contribution in [0.3, 0.4) is 0 Å². The highest BCUT2D eigenvalue weighted by Gasteiger charge is 2.10. The zero-order valence-corrected chi connectivity index (χ0v) is 12.4. The number of nitrogens with one attached hydrogen (secondary N) is 1. The van der Waals surface area contributed by atoms with E-state index in [4.69, 9.17) is 5.41 Å². The molecule has 0 aliphatic rings. The first-order valence-electron chi connectivity index (χ1n) is 5.65. The van der Waals surface area contributed by atoms with Crippen LogP contribution in [-0.2, 0) is 6.54 Å². The van der Waals surface area contributed by atoms with E-state index in [1.807, 2.05) is 0 Å². The molecule has 0 spiro atoms. The first-order valence-corrected chi connectivity index (χ1v) is 6.73. The van der Waals surface area contributed by atoms with Gasteiger partial charge in [-0.1, -0.05) is 0 Å². The molecule has 7 heteroatoms. The van der Waals surface area contributed by atoms with Crippen LogP contribution >= 0.6 is 22.6 Å². The molecule has 1 N–H and O–H groups in total. The highest BCUT2D eigenvalue weighted by molar-refractivity contribution is 14.1. The molecule has 102 valence electrons. The van der Waals surface area contributed by atoms with Crippen LogP contribution in [-0.4, -0.2) is 15.3 Å².